The molecule has 2 N–H and O–H groups in total. The standard InChI is InChI=1S/C25H25ClN6O4/c1-34-21-11-19(12-22(35-2)23(21)36-3)32(25-20(24(27)33)5-4-10-28-25)15-18-14-31(30-29-18)13-16-6-8-17(26)9-7-16/h4-12,14H,13,15H2,1-3H3,(H2,27,33). The highest BCUT2D eigenvalue weighted by atomic mass is 35.5. The third-order valence-corrected chi connectivity index (χ3v) is 5.68. The Morgan fingerprint density at radius 3 is 2.36 bits per heavy atom. The summed E-state index contributed by atoms with van der Waals surface area (Å²) in [5.74, 6) is 1.07. The van der Waals surface area contributed by atoms with Crippen LogP contribution in [0.2, 0.25) is 5.02 Å². The van der Waals surface area contributed by atoms with Crippen LogP contribution in [0.3, 0.4) is 0 Å². The zero-order valence-corrected chi connectivity index (χ0v) is 20.8. The molecule has 0 saturated carbocycles. The van der Waals surface area contributed by atoms with Crippen molar-refractivity contribution in [1.82, 2.24) is 20.0 Å². The van der Waals surface area contributed by atoms with Crippen LogP contribution in [-0.4, -0.2) is 47.2 Å². The molecule has 0 aliphatic rings. The van der Waals surface area contributed by atoms with Gasteiger partial charge in [-0.15, -0.1) is 5.10 Å². The van der Waals surface area contributed by atoms with Crippen LogP contribution in [0.15, 0.2) is 60.9 Å². The Balaban J connectivity index is 1.75. The first-order chi connectivity index (χ1) is 17.4. The molecule has 11 heteroatoms. The van der Waals surface area contributed by atoms with E-state index in [1.165, 1.54) is 21.3 Å². The van der Waals surface area contributed by atoms with Crippen LogP contribution in [0.1, 0.15) is 21.6 Å². The van der Waals surface area contributed by atoms with E-state index in [-0.39, 0.29) is 12.1 Å². The summed E-state index contributed by atoms with van der Waals surface area (Å²) in [5, 5.41) is 9.25. The molecular weight excluding hydrogens is 484 g/mol. The number of carbonyl (C=O) groups excluding carboxylic acids is 1. The number of rotatable bonds is 10. The van der Waals surface area contributed by atoms with Crippen molar-refractivity contribution in [1.29, 1.82) is 0 Å². The molecule has 4 aromatic rings. The van der Waals surface area contributed by atoms with Gasteiger partial charge in [0.1, 0.15) is 11.5 Å². The summed E-state index contributed by atoms with van der Waals surface area (Å²) in [6, 6.07) is 14.3. The predicted molar refractivity (Wildman–Crippen MR) is 135 cm³/mol. The molecule has 0 fully saturated rings. The summed E-state index contributed by atoms with van der Waals surface area (Å²) < 4.78 is 18.2. The number of benzene rings is 2. The first kappa shape index (κ1) is 24.8. The van der Waals surface area contributed by atoms with E-state index >= 15 is 0 Å². The van der Waals surface area contributed by atoms with Crippen LogP contribution in [0.4, 0.5) is 11.5 Å². The maximum Gasteiger partial charge on any atom is 0.252 e. The van der Waals surface area contributed by atoms with Crippen molar-refractivity contribution in [2.75, 3.05) is 26.2 Å². The molecule has 0 radical (unpaired) electrons. The fourth-order valence-corrected chi connectivity index (χ4v) is 3.87. The van der Waals surface area contributed by atoms with Gasteiger partial charge in [0.25, 0.3) is 5.91 Å². The third kappa shape index (κ3) is 5.33. The van der Waals surface area contributed by atoms with Gasteiger partial charge in [0.05, 0.1) is 51.9 Å². The molecule has 4 rings (SSSR count). The highest BCUT2D eigenvalue weighted by Gasteiger charge is 2.23. The maximum atomic E-state index is 12.2. The second-order valence-electron chi connectivity index (χ2n) is 7.74. The summed E-state index contributed by atoms with van der Waals surface area (Å²) in [5.41, 5.74) is 8.20. The average molecular weight is 509 g/mol. The van der Waals surface area contributed by atoms with Crippen LogP contribution in [0, 0.1) is 0 Å². The zero-order chi connectivity index (χ0) is 25.7. The van der Waals surface area contributed by atoms with E-state index in [1.54, 1.807) is 40.0 Å². The van der Waals surface area contributed by atoms with Crippen molar-refractivity contribution in [3.8, 4) is 17.2 Å². The number of methoxy groups -OCH3 is 3. The third-order valence-electron chi connectivity index (χ3n) is 5.43. The van der Waals surface area contributed by atoms with Gasteiger partial charge in [-0.3, -0.25) is 4.79 Å². The number of ether oxygens (including phenoxy) is 3. The summed E-state index contributed by atoms with van der Waals surface area (Å²) in [6.45, 7) is 0.751. The van der Waals surface area contributed by atoms with Crippen molar-refractivity contribution in [2.24, 2.45) is 5.73 Å². The molecule has 0 bridgehead atoms. The van der Waals surface area contributed by atoms with Crippen molar-refractivity contribution in [2.45, 2.75) is 13.1 Å². The van der Waals surface area contributed by atoms with E-state index < -0.39 is 5.91 Å². The second-order valence-corrected chi connectivity index (χ2v) is 8.18. The monoisotopic (exact) mass is 508 g/mol. The predicted octanol–water partition coefficient (Wildman–Crippen LogP) is 3.84. The Hall–Kier alpha value is -4.31. The number of nitrogens with zero attached hydrogens (tertiary/aromatic N) is 5. The van der Waals surface area contributed by atoms with Gasteiger partial charge in [-0.25, -0.2) is 9.67 Å². The number of amides is 1. The summed E-state index contributed by atoms with van der Waals surface area (Å²) in [6.07, 6.45) is 3.41. The number of aromatic nitrogens is 4. The summed E-state index contributed by atoms with van der Waals surface area (Å²) >= 11 is 5.98. The van der Waals surface area contributed by atoms with Gasteiger partial charge in [-0.1, -0.05) is 28.9 Å². The number of halogens is 1. The number of nitrogens with two attached hydrogens (primary N) is 1. The van der Waals surface area contributed by atoms with E-state index in [4.69, 9.17) is 31.5 Å². The van der Waals surface area contributed by atoms with E-state index in [0.29, 0.717) is 46.0 Å². The number of carbonyl (C=O) groups is 1. The van der Waals surface area contributed by atoms with Gasteiger partial charge in [-0.05, 0) is 29.8 Å². The Kier molecular flexibility index (Phi) is 7.55. The molecule has 36 heavy (non-hydrogen) atoms. The van der Waals surface area contributed by atoms with Crippen molar-refractivity contribution in [3.05, 3.63) is 82.8 Å². The van der Waals surface area contributed by atoms with Crippen LogP contribution < -0.4 is 24.8 Å². The largest absolute Gasteiger partial charge is 0.493 e. The Morgan fingerprint density at radius 1 is 1.06 bits per heavy atom. The van der Waals surface area contributed by atoms with Crippen molar-refractivity contribution < 1.29 is 19.0 Å². The van der Waals surface area contributed by atoms with E-state index in [2.05, 4.69) is 15.3 Å². The molecule has 0 saturated heterocycles. The second kappa shape index (κ2) is 11.0. The summed E-state index contributed by atoms with van der Waals surface area (Å²) in [7, 11) is 4.59. The molecule has 2 heterocycles. The van der Waals surface area contributed by atoms with E-state index in [9.17, 15) is 4.79 Å². The molecule has 0 atom stereocenters. The van der Waals surface area contributed by atoms with Gasteiger partial charge < -0.3 is 24.8 Å². The zero-order valence-electron chi connectivity index (χ0n) is 20.0. The van der Waals surface area contributed by atoms with Crippen molar-refractivity contribution >= 4 is 29.0 Å². The SMILES string of the molecule is COc1cc(N(Cc2cn(Cc3ccc(Cl)cc3)nn2)c2ncccc2C(N)=O)cc(OC)c1OC. The van der Waals surface area contributed by atoms with Gasteiger partial charge in [0.2, 0.25) is 5.75 Å². The fraction of sp³-hybridized carbons (Fsp3) is 0.200. The lowest BCUT2D eigenvalue weighted by atomic mass is 10.1. The molecule has 0 spiro atoms. The number of anilines is 2. The minimum absolute atomic E-state index is 0.233. The Morgan fingerprint density at radius 2 is 1.75 bits per heavy atom. The minimum atomic E-state index is -0.609. The fourth-order valence-electron chi connectivity index (χ4n) is 3.74. The first-order valence-corrected chi connectivity index (χ1v) is 11.3. The smallest absolute Gasteiger partial charge is 0.252 e. The molecule has 0 aliphatic heterocycles. The quantitative estimate of drug-likeness (QED) is 0.343. The summed E-state index contributed by atoms with van der Waals surface area (Å²) in [4.78, 5) is 18.5. The molecule has 186 valence electrons. The van der Waals surface area contributed by atoms with Crippen LogP contribution in [0.25, 0.3) is 0 Å². The lowest BCUT2D eigenvalue weighted by Gasteiger charge is -2.26. The lowest BCUT2D eigenvalue weighted by molar-refractivity contribution is 0.100. The van der Waals surface area contributed by atoms with E-state index in [1.807, 2.05) is 30.5 Å². The molecule has 10 nitrogen and oxygen atoms in total. The Bertz CT molecular complexity index is 1330. The molecule has 0 aliphatic carbocycles. The number of hydrogen-bond acceptors (Lipinski definition) is 8. The molecular formula is C25H25ClN6O4. The lowest BCUT2D eigenvalue weighted by Crippen LogP contribution is -2.23. The normalized spacial score (nSPS) is 10.7. The Labute approximate surface area is 213 Å². The topological polar surface area (TPSA) is 118 Å². The van der Waals surface area contributed by atoms with Gasteiger partial charge in [0, 0.05) is 23.4 Å². The highest BCUT2D eigenvalue weighted by Crippen LogP contribution is 2.43. The van der Waals surface area contributed by atoms with Crippen LogP contribution in [-0.2, 0) is 13.1 Å². The number of primary amides is 1. The highest BCUT2D eigenvalue weighted by molar-refractivity contribution is 6.30. The molecule has 0 unspecified atom stereocenters. The van der Waals surface area contributed by atoms with Crippen LogP contribution in [0.5, 0.6) is 17.2 Å². The first-order valence-electron chi connectivity index (χ1n) is 10.9. The maximum absolute atomic E-state index is 12.2. The molecule has 1 amide bonds. The van der Waals surface area contributed by atoms with Gasteiger partial charge in [0.15, 0.2) is 11.5 Å². The molecule has 2 aromatic carbocycles. The average Bonchev–Trinajstić information content (AvgIpc) is 3.34. The van der Waals surface area contributed by atoms with Crippen LogP contribution >= 0.6 is 11.6 Å². The van der Waals surface area contributed by atoms with Crippen molar-refractivity contribution in [3.63, 3.8) is 0 Å². The van der Waals surface area contributed by atoms with Gasteiger partial charge >= 0.3 is 0 Å². The number of pyridine rings is 1. The van der Waals surface area contributed by atoms with E-state index in [0.717, 1.165) is 5.56 Å². The number of hydrogen-bond donors (Lipinski definition) is 1. The molecule has 2 aromatic heterocycles. The minimum Gasteiger partial charge on any atom is -0.493 e. The van der Waals surface area contributed by atoms with Gasteiger partial charge in [-0.2, -0.15) is 0 Å².